The van der Waals surface area contributed by atoms with Crippen LogP contribution in [0.5, 0.6) is 0 Å². The van der Waals surface area contributed by atoms with Crippen LogP contribution in [-0.2, 0) is 13.6 Å². The standard InChI is InChI=1S/C22H15F3N6O2/c1-30-17-8-15(12-4-6-26-7-5-12)16(23)9-18(17)31(22(30)32)11-14-3-2-13(10-27-14)20-28-29-21(33-20)19(24)25/h2-10,19H,11H2,1H3. The Morgan fingerprint density at radius 3 is 2.48 bits per heavy atom. The number of pyridine rings is 2. The van der Waals surface area contributed by atoms with E-state index in [9.17, 15) is 18.0 Å². The fourth-order valence-electron chi connectivity index (χ4n) is 3.57. The van der Waals surface area contributed by atoms with Crippen LogP contribution in [0.2, 0.25) is 0 Å². The van der Waals surface area contributed by atoms with Gasteiger partial charge < -0.3 is 4.42 Å². The van der Waals surface area contributed by atoms with Crippen LogP contribution in [0, 0.1) is 5.82 Å². The van der Waals surface area contributed by atoms with Gasteiger partial charge in [-0.25, -0.2) is 9.18 Å². The molecule has 5 aromatic rings. The third-order valence-electron chi connectivity index (χ3n) is 5.24. The summed E-state index contributed by atoms with van der Waals surface area (Å²) in [6.45, 7) is 0.0800. The van der Waals surface area contributed by atoms with Gasteiger partial charge in [-0.05, 0) is 35.9 Å². The fraction of sp³-hybridized carbons (Fsp3) is 0.136. The molecule has 0 aliphatic heterocycles. The smallest absolute Gasteiger partial charge is 0.329 e. The lowest BCUT2D eigenvalue weighted by atomic mass is 10.1. The lowest BCUT2D eigenvalue weighted by molar-refractivity contribution is 0.116. The average Bonchev–Trinajstić information content (AvgIpc) is 3.40. The maximum atomic E-state index is 14.9. The van der Waals surface area contributed by atoms with E-state index < -0.39 is 18.1 Å². The molecule has 4 heterocycles. The Bertz CT molecular complexity index is 1510. The van der Waals surface area contributed by atoms with Crippen molar-refractivity contribution in [3.63, 3.8) is 0 Å². The summed E-state index contributed by atoms with van der Waals surface area (Å²) in [5.74, 6) is -1.33. The Labute approximate surface area is 184 Å². The summed E-state index contributed by atoms with van der Waals surface area (Å²) in [7, 11) is 1.61. The second kappa shape index (κ2) is 8.01. The molecule has 0 amide bonds. The van der Waals surface area contributed by atoms with E-state index in [1.54, 1.807) is 49.8 Å². The van der Waals surface area contributed by atoms with Gasteiger partial charge in [0.1, 0.15) is 5.82 Å². The van der Waals surface area contributed by atoms with E-state index in [1.807, 2.05) is 0 Å². The summed E-state index contributed by atoms with van der Waals surface area (Å²) in [5.41, 5.74) is 2.52. The van der Waals surface area contributed by atoms with E-state index >= 15 is 0 Å². The molecule has 1 aromatic carbocycles. The molecule has 0 radical (unpaired) electrons. The topological polar surface area (TPSA) is 91.6 Å². The van der Waals surface area contributed by atoms with Gasteiger partial charge in [-0.1, -0.05) is 0 Å². The number of aromatic nitrogens is 6. The predicted molar refractivity (Wildman–Crippen MR) is 112 cm³/mol. The first-order valence-electron chi connectivity index (χ1n) is 9.78. The maximum Gasteiger partial charge on any atom is 0.329 e. The fourth-order valence-corrected chi connectivity index (χ4v) is 3.57. The second-order valence-electron chi connectivity index (χ2n) is 7.27. The molecule has 0 aliphatic carbocycles. The summed E-state index contributed by atoms with van der Waals surface area (Å²) >= 11 is 0. The highest BCUT2D eigenvalue weighted by atomic mass is 19.3. The zero-order valence-electron chi connectivity index (χ0n) is 17.1. The molecular weight excluding hydrogens is 437 g/mol. The van der Waals surface area contributed by atoms with Gasteiger partial charge in [-0.15, -0.1) is 10.2 Å². The number of imidazole rings is 1. The van der Waals surface area contributed by atoms with Crippen molar-refractivity contribution in [3.8, 4) is 22.6 Å². The number of fused-ring (bicyclic) bond motifs is 1. The molecule has 0 unspecified atom stereocenters. The molecule has 0 aliphatic rings. The van der Waals surface area contributed by atoms with Crippen LogP contribution in [0.1, 0.15) is 18.0 Å². The maximum absolute atomic E-state index is 14.9. The Morgan fingerprint density at radius 1 is 1.03 bits per heavy atom. The van der Waals surface area contributed by atoms with Crippen molar-refractivity contribution in [2.24, 2.45) is 7.05 Å². The van der Waals surface area contributed by atoms with Crippen molar-refractivity contribution in [2.75, 3.05) is 0 Å². The normalized spacial score (nSPS) is 11.5. The van der Waals surface area contributed by atoms with Crippen LogP contribution >= 0.6 is 0 Å². The quantitative estimate of drug-likeness (QED) is 0.401. The lowest BCUT2D eigenvalue weighted by Crippen LogP contribution is -2.23. The van der Waals surface area contributed by atoms with E-state index in [0.717, 1.165) is 0 Å². The van der Waals surface area contributed by atoms with Crippen molar-refractivity contribution in [3.05, 3.63) is 82.9 Å². The van der Waals surface area contributed by atoms with Crippen LogP contribution in [-0.4, -0.2) is 29.3 Å². The molecule has 0 fully saturated rings. The number of benzene rings is 1. The molecule has 0 atom stereocenters. The number of rotatable bonds is 5. The zero-order chi connectivity index (χ0) is 23.1. The molecule has 33 heavy (non-hydrogen) atoms. The van der Waals surface area contributed by atoms with Crippen molar-refractivity contribution in [2.45, 2.75) is 13.0 Å². The lowest BCUT2D eigenvalue weighted by Gasteiger charge is -2.07. The van der Waals surface area contributed by atoms with E-state index in [2.05, 4.69) is 20.2 Å². The minimum atomic E-state index is -2.86. The number of hydrogen-bond acceptors (Lipinski definition) is 6. The SMILES string of the molecule is Cn1c(=O)n(Cc2ccc(-c3nnc(C(F)F)o3)cn2)c2cc(F)c(-c3ccncc3)cc21. The molecule has 0 saturated heterocycles. The van der Waals surface area contributed by atoms with Gasteiger partial charge in [0.2, 0.25) is 5.89 Å². The predicted octanol–water partition coefficient (Wildman–Crippen LogP) is 3.97. The van der Waals surface area contributed by atoms with Crippen LogP contribution in [0.25, 0.3) is 33.6 Å². The molecule has 0 bridgehead atoms. The highest BCUT2D eigenvalue weighted by molar-refractivity contribution is 5.83. The molecule has 8 nitrogen and oxygen atoms in total. The van der Waals surface area contributed by atoms with Crippen LogP contribution < -0.4 is 5.69 Å². The summed E-state index contributed by atoms with van der Waals surface area (Å²) in [6.07, 6.45) is 1.66. The van der Waals surface area contributed by atoms with Crippen molar-refractivity contribution >= 4 is 11.0 Å². The molecule has 0 saturated carbocycles. The molecule has 5 rings (SSSR count). The summed E-state index contributed by atoms with van der Waals surface area (Å²) in [5, 5.41) is 6.87. The summed E-state index contributed by atoms with van der Waals surface area (Å²) in [4.78, 5) is 21.1. The van der Waals surface area contributed by atoms with Crippen molar-refractivity contribution in [1.82, 2.24) is 29.3 Å². The number of hydrogen-bond donors (Lipinski definition) is 0. The zero-order valence-corrected chi connectivity index (χ0v) is 17.1. The number of alkyl halides is 2. The van der Waals surface area contributed by atoms with E-state index in [1.165, 1.54) is 21.4 Å². The van der Waals surface area contributed by atoms with E-state index in [-0.39, 0.29) is 18.1 Å². The first-order chi connectivity index (χ1) is 15.9. The highest BCUT2D eigenvalue weighted by Gasteiger charge is 2.18. The van der Waals surface area contributed by atoms with Gasteiger partial charge in [-0.2, -0.15) is 8.78 Å². The van der Waals surface area contributed by atoms with Crippen molar-refractivity contribution in [1.29, 1.82) is 0 Å². The largest absolute Gasteiger partial charge is 0.415 e. The number of halogens is 3. The first-order valence-corrected chi connectivity index (χ1v) is 9.78. The third-order valence-corrected chi connectivity index (χ3v) is 5.24. The molecule has 166 valence electrons. The molecular formula is C22H15F3N6O2. The van der Waals surface area contributed by atoms with Gasteiger partial charge in [0, 0.05) is 37.3 Å². The van der Waals surface area contributed by atoms with E-state index in [0.29, 0.717) is 33.4 Å². The monoisotopic (exact) mass is 452 g/mol. The summed E-state index contributed by atoms with van der Waals surface area (Å²) < 4.78 is 48.0. The van der Waals surface area contributed by atoms with Gasteiger partial charge >= 0.3 is 12.1 Å². The average molecular weight is 452 g/mol. The Kier molecular flexibility index (Phi) is 5.00. The van der Waals surface area contributed by atoms with Gasteiger partial charge in [0.15, 0.2) is 0 Å². The minimum absolute atomic E-state index is 0.0800. The molecule has 11 heteroatoms. The third kappa shape index (κ3) is 3.67. The van der Waals surface area contributed by atoms with Crippen molar-refractivity contribution < 1.29 is 17.6 Å². The van der Waals surface area contributed by atoms with E-state index in [4.69, 9.17) is 4.42 Å². The Balaban J connectivity index is 1.49. The van der Waals surface area contributed by atoms with Crippen LogP contribution in [0.15, 0.2) is 64.2 Å². The number of nitrogens with zero attached hydrogens (tertiary/aromatic N) is 6. The number of aryl methyl sites for hydroxylation is 1. The van der Waals surface area contributed by atoms with Gasteiger partial charge in [0.05, 0.1) is 28.8 Å². The minimum Gasteiger partial charge on any atom is -0.415 e. The highest BCUT2D eigenvalue weighted by Crippen LogP contribution is 2.27. The molecule has 0 spiro atoms. The Hall–Kier alpha value is -4.28. The van der Waals surface area contributed by atoms with Crippen LogP contribution in [0.3, 0.4) is 0 Å². The summed E-state index contributed by atoms with van der Waals surface area (Å²) in [6, 6.07) is 9.52. The molecule has 0 N–H and O–H groups in total. The van der Waals surface area contributed by atoms with Crippen LogP contribution in [0.4, 0.5) is 13.2 Å². The molecule has 4 aromatic heterocycles. The first kappa shape index (κ1) is 20.6. The second-order valence-corrected chi connectivity index (χ2v) is 7.27. The van der Waals surface area contributed by atoms with Gasteiger partial charge in [-0.3, -0.25) is 19.1 Å². The van der Waals surface area contributed by atoms with Gasteiger partial charge in [0.25, 0.3) is 5.89 Å². The Morgan fingerprint density at radius 2 is 1.82 bits per heavy atom.